The summed E-state index contributed by atoms with van der Waals surface area (Å²) in [6.45, 7) is 8.40. The van der Waals surface area contributed by atoms with Gasteiger partial charge in [-0.2, -0.15) is 0 Å². The minimum atomic E-state index is -0.990. The summed E-state index contributed by atoms with van der Waals surface area (Å²) in [5.41, 5.74) is 0.0429. The maximum atomic E-state index is 13.7. The minimum Gasteiger partial charge on any atom is -0.387 e. The molecule has 2 rings (SSSR count). The van der Waals surface area contributed by atoms with Crippen LogP contribution in [-0.2, 0) is 0 Å². The molecule has 0 radical (unpaired) electrons. The molecule has 1 aliphatic heterocycles. The van der Waals surface area contributed by atoms with Crippen LogP contribution < -0.4 is 0 Å². The van der Waals surface area contributed by atoms with E-state index < -0.39 is 17.7 Å². The Morgan fingerprint density at radius 3 is 2.71 bits per heavy atom. The van der Waals surface area contributed by atoms with Crippen LogP contribution in [0.1, 0.15) is 31.9 Å². The maximum Gasteiger partial charge on any atom is 0.164 e. The topological polar surface area (TPSA) is 26.7 Å². The van der Waals surface area contributed by atoms with Crippen LogP contribution in [0.3, 0.4) is 0 Å². The number of likely N-dealkylation sites (tertiary alicyclic amines) is 1. The Hall–Kier alpha value is -1.04. The zero-order valence-corrected chi connectivity index (χ0v) is 12.7. The van der Waals surface area contributed by atoms with E-state index in [-0.39, 0.29) is 5.56 Å². The first kappa shape index (κ1) is 16.3. The third-order valence-electron chi connectivity index (χ3n) is 4.35. The first-order valence-electron chi connectivity index (χ1n) is 7.65. The minimum absolute atomic E-state index is 0.0429. The van der Waals surface area contributed by atoms with E-state index in [9.17, 15) is 13.9 Å². The van der Waals surface area contributed by atoms with E-state index in [1.807, 2.05) is 0 Å². The van der Waals surface area contributed by atoms with E-state index in [0.717, 1.165) is 38.7 Å². The zero-order chi connectivity index (χ0) is 15.4. The highest BCUT2D eigenvalue weighted by Gasteiger charge is 2.28. The number of halogens is 2. The molecule has 1 fully saturated rings. The van der Waals surface area contributed by atoms with Gasteiger partial charge in [-0.05, 0) is 32.1 Å². The first-order valence-corrected chi connectivity index (χ1v) is 7.65. The van der Waals surface area contributed by atoms with Crippen LogP contribution in [0.4, 0.5) is 8.78 Å². The van der Waals surface area contributed by atoms with Gasteiger partial charge in [0.15, 0.2) is 11.6 Å². The van der Waals surface area contributed by atoms with Crippen molar-refractivity contribution >= 4 is 0 Å². The van der Waals surface area contributed by atoms with Crippen molar-refractivity contribution in [3.05, 3.63) is 35.4 Å². The molecule has 0 saturated carbocycles. The van der Waals surface area contributed by atoms with Crippen molar-refractivity contribution in [2.75, 3.05) is 32.7 Å². The SMILES string of the molecule is CCN(CC)C1CCN(CC(O)c2cccc(F)c2F)C1. The highest BCUT2D eigenvalue weighted by atomic mass is 19.2. The van der Waals surface area contributed by atoms with Crippen molar-refractivity contribution in [3.63, 3.8) is 0 Å². The van der Waals surface area contributed by atoms with Gasteiger partial charge in [0.25, 0.3) is 0 Å². The van der Waals surface area contributed by atoms with E-state index in [1.54, 1.807) is 0 Å². The fourth-order valence-electron chi connectivity index (χ4n) is 3.14. The summed E-state index contributed by atoms with van der Waals surface area (Å²) in [5.74, 6) is -1.85. The number of rotatable bonds is 6. The Bertz CT molecular complexity index is 466. The number of β-amino-alcohol motifs (C(OH)–C–C–N with tert-alkyl or cyclic N) is 1. The molecule has 2 atom stereocenters. The fraction of sp³-hybridized carbons (Fsp3) is 0.625. The van der Waals surface area contributed by atoms with Gasteiger partial charge < -0.3 is 5.11 Å². The highest BCUT2D eigenvalue weighted by molar-refractivity contribution is 5.21. The standard InChI is InChI=1S/C16H24F2N2O/c1-3-20(4-2)12-8-9-19(10-12)11-15(21)13-6-5-7-14(17)16(13)18/h5-7,12,15,21H,3-4,8-11H2,1-2H3. The van der Waals surface area contributed by atoms with Gasteiger partial charge in [-0.1, -0.05) is 26.0 Å². The van der Waals surface area contributed by atoms with Gasteiger partial charge >= 0.3 is 0 Å². The predicted octanol–water partition coefficient (Wildman–Crippen LogP) is 2.41. The van der Waals surface area contributed by atoms with E-state index in [0.29, 0.717) is 12.6 Å². The number of benzene rings is 1. The Kier molecular flexibility index (Phi) is 5.67. The molecule has 1 heterocycles. The van der Waals surface area contributed by atoms with Gasteiger partial charge in [-0.25, -0.2) is 8.78 Å². The number of aliphatic hydroxyl groups is 1. The summed E-state index contributed by atoms with van der Waals surface area (Å²) in [6.07, 6.45) is 0.0659. The lowest BCUT2D eigenvalue weighted by Crippen LogP contribution is -2.38. The third-order valence-corrected chi connectivity index (χ3v) is 4.35. The maximum absolute atomic E-state index is 13.7. The molecule has 3 nitrogen and oxygen atoms in total. The van der Waals surface area contributed by atoms with Crippen LogP contribution in [0.15, 0.2) is 18.2 Å². The summed E-state index contributed by atoms with van der Waals surface area (Å²) in [5, 5.41) is 10.2. The number of likely N-dealkylation sites (N-methyl/N-ethyl adjacent to an activating group) is 1. The van der Waals surface area contributed by atoms with Crippen LogP contribution in [-0.4, -0.2) is 53.7 Å². The monoisotopic (exact) mass is 298 g/mol. The van der Waals surface area contributed by atoms with Crippen molar-refractivity contribution < 1.29 is 13.9 Å². The quantitative estimate of drug-likeness (QED) is 0.874. The molecule has 0 aromatic heterocycles. The van der Waals surface area contributed by atoms with Gasteiger partial charge in [0.1, 0.15) is 0 Å². The molecular formula is C16H24F2N2O. The average molecular weight is 298 g/mol. The Labute approximate surface area is 125 Å². The van der Waals surface area contributed by atoms with Gasteiger partial charge in [0.2, 0.25) is 0 Å². The second-order valence-corrected chi connectivity index (χ2v) is 5.58. The highest BCUT2D eigenvalue weighted by Crippen LogP contribution is 2.23. The van der Waals surface area contributed by atoms with Crippen LogP contribution in [0.2, 0.25) is 0 Å². The smallest absolute Gasteiger partial charge is 0.164 e. The summed E-state index contributed by atoms with van der Waals surface area (Å²) in [7, 11) is 0. The number of aliphatic hydroxyl groups excluding tert-OH is 1. The van der Waals surface area contributed by atoms with Crippen LogP contribution in [0.25, 0.3) is 0 Å². The summed E-state index contributed by atoms with van der Waals surface area (Å²) >= 11 is 0. The Balaban J connectivity index is 1.95. The molecule has 0 spiro atoms. The molecular weight excluding hydrogens is 274 g/mol. The molecule has 118 valence electrons. The zero-order valence-electron chi connectivity index (χ0n) is 12.7. The molecule has 1 N–H and O–H groups in total. The molecule has 0 aliphatic carbocycles. The van der Waals surface area contributed by atoms with Gasteiger partial charge in [0, 0.05) is 24.7 Å². The molecule has 1 aromatic carbocycles. The number of hydrogen-bond acceptors (Lipinski definition) is 3. The van der Waals surface area contributed by atoms with E-state index in [4.69, 9.17) is 0 Å². The largest absolute Gasteiger partial charge is 0.387 e. The predicted molar refractivity (Wildman–Crippen MR) is 79.1 cm³/mol. The molecule has 1 aliphatic rings. The van der Waals surface area contributed by atoms with Crippen LogP contribution in [0, 0.1) is 11.6 Å². The molecule has 2 unspecified atom stereocenters. The summed E-state index contributed by atoms with van der Waals surface area (Å²) < 4.78 is 26.9. The van der Waals surface area contributed by atoms with Crippen LogP contribution in [0.5, 0.6) is 0 Å². The summed E-state index contributed by atoms with van der Waals surface area (Å²) in [6, 6.07) is 4.43. The molecule has 0 amide bonds. The van der Waals surface area contributed by atoms with Crippen molar-refractivity contribution in [1.82, 2.24) is 9.80 Å². The molecule has 5 heteroatoms. The van der Waals surface area contributed by atoms with Crippen molar-refractivity contribution in [2.24, 2.45) is 0 Å². The van der Waals surface area contributed by atoms with E-state index in [2.05, 4.69) is 23.6 Å². The van der Waals surface area contributed by atoms with Crippen molar-refractivity contribution in [1.29, 1.82) is 0 Å². The Morgan fingerprint density at radius 1 is 1.33 bits per heavy atom. The normalized spacial score (nSPS) is 21.1. The van der Waals surface area contributed by atoms with E-state index >= 15 is 0 Å². The lowest BCUT2D eigenvalue weighted by Gasteiger charge is -2.27. The fourth-order valence-corrected chi connectivity index (χ4v) is 3.14. The molecule has 1 saturated heterocycles. The van der Waals surface area contributed by atoms with Gasteiger partial charge in [-0.3, -0.25) is 9.80 Å². The number of nitrogens with zero attached hydrogens (tertiary/aromatic N) is 2. The van der Waals surface area contributed by atoms with Gasteiger partial charge in [0.05, 0.1) is 6.10 Å². The third kappa shape index (κ3) is 3.78. The second-order valence-electron chi connectivity index (χ2n) is 5.58. The average Bonchev–Trinajstić information content (AvgIpc) is 2.91. The number of hydrogen-bond donors (Lipinski definition) is 1. The van der Waals surface area contributed by atoms with Gasteiger partial charge in [-0.15, -0.1) is 0 Å². The molecule has 21 heavy (non-hydrogen) atoms. The molecule has 1 aromatic rings. The Morgan fingerprint density at radius 2 is 2.05 bits per heavy atom. The lowest BCUT2D eigenvalue weighted by atomic mass is 10.1. The van der Waals surface area contributed by atoms with Crippen LogP contribution >= 0.6 is 0 Å². The van der Waals surface area contributed by atoms with Crippen molar-refractivity contribution in [2.45, 2.75) is 32.4 Å². The first-order chi connectivity index (χ1) is 10.1. The van der Waals surface area contributed by atoms with Crippen molar-refractivity contribution in [3.8, 4) is 0 Å². The lowest BCUT2D eigenvalue weighted by molar-refractivity contribution is 0.115. The van der Waals surface area contributed by atoms with E-state index in [1.165, 1.54) is 12.1 Å². The molecule has 0 bridgehead atoms. The second kappa shape index (κ2) is 7.29. The summed E-state index contributed by atoms with van der Waals surface area (Å²) in [4.78, 5) is 4.52.